The topological polar surface area (TPSA) is 83.8 Å². The fourth-order valence-corrected chi connectivity index (χ4v) is 3.57. The Labute approximate surface area is 168 Å². The van der Waals surface area contributed by atoms with Gasteiger partial charge in [0.1, 0.15) is 11.5 Å². The van der Waals surface area contributed by atoms with Crippen LogP contribution in [0.5, 0.6) is 5.75 Å². The molecule has 0 unspecified atom stereocenters. The average molecular weight is 392 g/mol. The van der Waals surface area contributed by atoms with Gasteiger partial charge in [-0.05, 0) is 31.9 Å². The number of fused-ring (bicyclic) bond motifs is 1. The normalized spacial score (nSPS) is 16.8. The summed E-state index contributed by atoms with van der Waals surface area (Å²) in [6, 6.07) is 3.59. The quantitative estimate of drug-likeness (QED) is 0.693. The minimum Gasteiger partial charge on any atom is -0.488 e. The molecule has 150 valence electrons. The van der Waals surface area contributed by atoms with Crippen molar-refractivity contribution in [1.82, 2.24) is 19.7 Å². The lowest BCUT2D eigenvalue weighted by molar-refractivity contribution is 0.102. The number of hydrogen-bond acceptors (Lipinski definition) is 6. The Hall–Kier alpha value is -3.13. The van der Waals surface area contributed by atoms with Gasteiger partial charge in [-0.2, -0.15) is 0 Å². The van der Waals surface area contributed by atoms with E-state index in [4.69, 9.17) is 4.74 Å². The highest BCUT2D eigenvalue weighted by Gasteiger charge is 2.28. The minimum atomic E-state index is -0.205. The predicted molar refractivity (Wildman–Crippen MR) is 111 cm³/mol. The second kappa shape index (κ2) is 7.36. The molecule has 5 rings (SSSR count). The summed E-state index contributed by atoms with van der Waals surface area (Å²) in [5, 5.41) is 6.32. The lowest BCUT2D eigenvalue weighted by Crippen LogP contribution is -2.43. The number of nitrogens with one attached hydrogen (secondary N) is 2. The second-order valence-corrected chi connectivity index (χ2v) is 7.57. The van der Waals surface area contributed by atoms with Crippen molar-refractivity contribution in [3.05, 3.63) is 48.0 Å². The molecule has 0 spiro atoms. The summed E-state index contributed by atoms with van der Waals surface area (Å²) in [5.74, 6) is 1.17. The molecule has 1 aliphatic carbocycles. The van der Waals surface area contributed by atoms with E-state index in [1.165, 1.54) is 0 Å². The molecule has 1 saturated heterocycles. The Bertz CT molecular complexity index is 1050. The lowest BCUT2D eigenvalue weighted by Gasteiger charge is -2.31. The summed E-state index contributed by atoms with van der Waals surface area (Å²) >= 11 is 0. The van der Waals surface area contributed by atoms with E-state index in [9.17, 15) is 4.79 Å². The van der Waals surface area contributed by atoms with Crippen molar-refractivity contribution in [2.75, 3.05) is 36.4 Å². The number of imidazole rings is 1. The van der Waals surface area contributed by atoms with E-state index in [0.717, 1.165) is 61.7 Å². The molecule has 4 heterocycles. The summed E-state index contributed by atoms with van der Waals surface area (Å²) in [5.41, 5.74) is 3.22. The predicted octanol–water partition coefficient (Wildman–Crippen LogP) is 2.24. The van der Waals surface area contributed by atoms with E-state index >= 15 is 0 Å². The van der Waals surface area contributed by atoms with Gasteiger partial charge in [-0.15, -0.1) is 0 Å². The molecule has 1 saturated carbocycles. The van der Waals surface area contributed by atoms with Crippen molar-refractivity contribution < 1.29 is 9.53 Å². The minimum absolute atomic E-state index is 0.205. The van der Waals surface area contributed by atoms with Gasteiger partial charge in [0.25, 0.3) is 5.91 Å². The van der Waals surface area contributed by atoms with Crippen molar-refractivity contribution in [2.45, 2.75) is 25.9 Å². The largest absolute Gasteiger partial charge is 0.488 e. The lowest BCUT2D eigenvalue weighted by atomic mass is 10.2. The van der Waals surface area contributed by atoms with Crippen LogP contribution in [-0.4, -0.2) is 52.6 Å². The van der Waals surface area contributed by atoms with Gasteiger partial charge in [0, 0.05) is 50.3 Å². The molecule has 0 atom stereocenters. The number of pyridine rings is 2. The van der Waals surface area contributed by atoms with Gasteiger partial charge in [0.05, 0.1) is 23.6 Å². The molecule has 8 heteroatoms. The highest BCUT2D eigenvalue weighted by Crippen LogP contribution is 2.39. The zero-order valence-electron chi connectivity index (χ0n) is 16.4. The molecule has 0 bridgehead atoms. The first-order chi connectivity index (χ1) is 14.2. The van der Waals surface area contributed by atoms with Gasteiger partial charge >= 0.3 is 0 Å². The molecule has 1 amide bonds. The third kappa shape index (κ3) is 3.63. The molecule has 29 heavy (non-hydrogen) atoms. The first-order valence-corrected chi connectivity index (χ1v) is 10.0. The monoisotopic (exact) mass is 392 g/mol. The van der Waals surface area contributed by atoms with Crippen LogP contribution in [0.15, 0.2) is 36.9 Å². The van der Waals surface area contributed by atoms with Crippen LogP contribution >= 0.6 is 0 Å². The molecule has 3 aromatic heterocycles. The summed E-state index contributed by atoms with van der Waals surface area (Å²) < 4.78 is 8.07. The number of aromatic nitrogens is 3. The number of ether oxygens (including phenoxy) is 1. The van der Waals surface area contributed by atoms with E-state index in [1.807, 2.05) is 29.8 Å². The number of piperazine rings is 1. The van der Waals surface area contributed by atoms with E-state index in [2.05, 4.69) is 25.5 Å². The number of anilines is 2. The number of carbonyl (C=O) groups excluding carboxylic acids is 1. The fraction of sp³-hybridized carbons (Fsp3) is 0.381. The van der Waals surface area contributed by atoms with Crippen LogP contribution in [-0.2, 0) is 0 Å². The maximum atomic E-state index is 12.8. The zero-order valence-corrected chi connectivity index (χ0v) is 16.4. The SMILES string of the molecule is Cc1c(NC(=O)c2ccc3nccn3c2)ncc(N2CCNCC2)c1OC1CC1. The van der Waals surface area contributed by atoms with Gasteiger partial charge in [0.2, 0.25) is 0 Å². The van der Waals surface area contributed by atoms with E-state index in [-0.39, 0.29) is 12.0 Å². The smallest absolute Gasteiger partial charge is 0.258 e. The van der Waals surface area contributed by atoms with Crippen molar-refractivity contribution in [3.8, 4) is 5.75 Å². The molecule has 1 aliphatic heterocycles. The van der Waals surface area contributed by atoms with Gasteiger partial charge in [0.15, 0.2) is 5.75 Å². The van der Waals surface area contributed by atoms with Crippen LogP contribution in [0.25, 0.3) is 5.65 Å². The maximum Gasteiger partial charge on any atom is 0.258 e. The Morgan fingerprint density at radius 1 is 1.24 bits per heavy atom. The van der Waals surface area contributed by atoms with E-state index in [0.29, 0.717) is 11.4 Å². The van der Waals surface area contributed by atoms with Crippen LogP contribution in [0, 0.1) is 6.92 Å². The highest BCUT2D eigenvalue weighted by molar-refractivity contribution is 6.04. The Morgan fingerprint density at radius 2 is 2.07 bits per heavy atom. The average Bonchev–Trinajstić information content (AvgIpc) is 3.44. The van der Waals surface area contributed by atoms with Crippen LogP contribution in [0.4, 0.5) is 11.5 Å². The van der Waals surface area contributed by atoms with Crippen molar-refractivity contribution >= 4 is 23.1 Å². The molecule has 3 aromatic rings. The maximum absolute atomic E-state index is 12.8. The number of rotatable bonds is 5. The molecule has 2 fully saturated rings. The highest BCUT2D eigenvalue weighted by atomic mass is 16.5. The van der Waals surface area contributed by atoms with Gasteiger partial charge in [-0.3, -0.25) is 4.79 Å². The number of hydrogen-bond donors (Lipinski definition) is 2. The molecule has 0 radical (unpaired) electrons. The Balaban J connectivity index is 1.43. The summed E-state index contributed by atoms with van der Waals surface area (Å²) in [7, 11) is 0. The third-order valence-corrected chi connectivity index (χ3v) is 5.39. The zero-order chi connectivity index (χ0) is 19.8. The molecular formula is C21H24N6O2. The molecule has 2 aliphatic rings. The fourth-order valence-electron chi connectivity index (χ4n) is 3.57. The van der Waals surface area contributed by atoms with Crippen LogP contribution in [0.2, 0.25) is 0 Å². The van der Waals surface area contributed by atoms with E-state index < -0.39 is 0 Å². The van der Waals surface area contributed by atoms with E-state index in [1.54, 1.807) is 18.5 Å². The van der Waals surface area contributed by atoms with Crippen molar-refractivity contribution in [1.29, 1.82) is 0 Å². The standard InChI is InChI=1S/C21H24N6O2/c1-14-19(29-16-3-4-16)17(26-9-6-22-7-10-26)12-24-20(14)25-21(28)15-2-5-18-23-8-11-27(18)13-15/h2,5,8,11-13,16,22H,3-4,6-7,9-10H2,1H3,(H,24,25,28). The molecular weight excluding hydrogens is 368 g/mol. The Morgan fingerprint density at radius 3 is 2.86 bits per heavy atom. The molecule has 0 aromatic carbocycles. The summed E-state index contributed by atoms with van der Waals surface area (Å²) in [6.07, 6.45) is 9.54. The van der Waals surface area contributed by atoms with Crippen LogP contribution in [0.3, 0.4) is 0 Å². The van der Waals surface area contributed by atoms with Crippen molar-refractivity contribution in [2.24, 2.45) is 0 Å². The van der Waals surface area contributed by atoms with Gasteiger partial charge < -0.3 is 24.7 Å². The van der Waals surface area contributed by atoms with Crippen LogP contribution in [0.1, 0.15) is 28.8 Å². The van der Waals surface area contributed by atoms with Gasteiger partial charge in [-0.1, -0.05) is 0 Å². The second-order valence-electron chi connectivity index (χ2n) is 7.57. The van der Waals surface area contributed by atoms with Gasteiger partial charge in [-0.25, -0.2) is 9.97 Å². The van der Waals surface area contributed by atoms with Crippen molar-refractivity contribution in [3.63, 3.8) is 0 Å². The number of nitrogens with zero attached hydrogens (tertiary/aromatic N) is 4. The summed E-state index contributed by atoms with van der Waals surface area (Å²) in [6.45, 7) is 5.68. The third-order valence-electron chi connectivity index (χ3n) is 5.39. The number of amides is 1. The Kier molecular flexibility index (Phi) is 4.55. The summed E-state index contributed by atoms with van der Waals surface area (Å²) in [4.78, 5) is 23.9. The molecule has 2 N–H and O–H groups in total. The van der Waals surface area contributed by atoms with Crippen LogP contribution < -0.4 is 20.3 Å². The molecule has 8 nitrogen and oxygen atoms in total. The first-order valence-electron chi connectivity index (χ1n) is 10.0. The first kappa shape index (κ1) is 17.9. The number of carbonyl (C=O) groups is 1.